The van der Waals surface area contributed by atoms with Crippen molar-refractivity contribution in [3.05, 3.63) is 42.0 Å². The predicted octanol–water partition coefficient (Wildman–Crippen LogP) is 2.18. The van der Waals surface area contributed by atoms with Gasteiger partial charge in [0.05, 0.1) is 24.5 Å². The molecule has 130 valence electrons. The molecule has 0 aromatic heterocycles. The van der Waals surface area contributed by atoms with Gasteiger partial charge < -0.3 is 15.2 Å². The fourth-order valence-corrected chi connectivity index (χ4v) is 4.60. The van der Waals surface area contributed by atoms with Gasteiger partial charge in [-0.1, -0.05) is 12.2 Å². The number of amides is 1. The Morgan fingerprint density at radius 2 is 1.64 bits per heavy atom. The molecule has 6 atom stereocenters. The molecule has 1 aromatic rings. The van der Waals surface area contributed by atoms with E-state index in [2.05, 4.69) is 10.1 Å². The molecule has 2 N–H and O–H groups in total. The van der Waals surface area contributed by atoms with Gasteiger partial charge in [0.15, 0.2) is 0 Å². The minimum atomic E-state index is -0.897. The molecule has 0 unspecified atom stereocenters. The topological polar surface area (TPSA) is 92.7 Å². The van der Waals surface area contributed by atoms with Crippen LogP contribution < -0.4 is 5.32 Å². The first-order valence-electron chi connectivity index (χ1n) is 8.41. The van der Waals surface area contributed by atoms with E-state index in [4.69, 9.17) is 0 Å². The summed E-state index contributed by atoms with van der Waals surface area (Å²) in [5.74, 6) is -1.96. The lowest BCUT2D eigenvalue weighted by atomic mass is 9.62. The lowest BCUT2D eigenvalue weighted by molar-refractivity contribution is -0.152. The third-order valence-corrected chi connectivity index (χ3v) is 5.81. The molecule has 0 heterocycles. The number of carboxylic acid groups (broad SMARTS) is 1. The van der Waals surface area contributed by atoms with Crippen molar-refractivity contribution in [2.24, 2.45) is 35.5 Å². The van der Waals surface area contributed by atoms with Crippen molar-refractivity contribution in [2.75, 3.05) is 12.4 Å². The van der Waals surface area contributed by atoms with Crippen LogP contribution in [0.4, 0.5) is 5.69 Å². The largest absolute Gasteiger partial charge is 0.481 e. The molecule has 1 amide bonds. The van der Waals surface area contributed by atoms with Crippen LogP contribution in [0.3, 0.4) is 0 Å². The quantitative estimate of drug-likeness (QED) is 0.647. The van der Waals surface area contributed by atoms with Gasteiger partial charge in [0.25, 0.3) is 0 Å². The zero-order chi connectivity index (χ0) is 17.7. The van der Waals surface area contributed by atoms with E-state index in [9.17, 15) is 19.5 Å². The van der Waals surface area contributed by atoms with Crippen LogP contribution in [0.1, 0.15) is 16.8 Å². The minimum Gasteiger partial charge on any atom is -0.481 e. The maximum atomic E-state index is 12.8. The van der Waals surface area contributed by atoms with E-state index in [1.165, 1.54) is 7.11 Å². The fourth-order valence-electron chi connectivity index (χ4n) is 4.60. The standard InChI is InChI=1S/C19H19NO5/c1-25-19(24)9-2-4-10(5-3-9)20-17(21)15-11-6-7-12(14-8-13(11)14)16(15)18(22)23/h2-7,11-16H,8H2,1H3,(H,20,21)(H,22,23)/t11-,12-,13-,14-,15+,16-/m0/s1. The lowest BCUT2D eigenvalue weighted by Gasteiger charge is -2.41. The van der Waals surface area contributed by atoms with Crippen LogP contribution in [0.2, 0.25) is 0 Å². The number of anilines is 1. The number of carbonyl (C=O) groups is 3. The Morgan fingerprint density at radius 1 is 1.04 bits per heavy atom. The molecule has 1 aromatic carbocycles. The summed E-state index contributed by atoms with van der Waals surface area (Å²) in [7, 11) is 1.31. The number of methoxy groups -OCH3 is 1. The second-order valence-electron chi connectivity index (χ2n) is 7.05. The molecule has 4 aliphatic carbocycles. The number of hydrogen-bond acceptors (Lipinski definition) is 4. The van der Waals surface area contributed by atoms with Gasteiger partial charge in [-0.15, -0.1) is 0 Å². The van der Waals surface area contributed by atoms with Crippen molar-refractivity contribution in [3.8, 4) is 0 Å². The van der Waals surface area contributed by atoms with Gasteiger partial charge in [0.1, 0.15) is 0 Å². The average molecular weight is 341 g/mol. The van der Waals surface area contributed by atoms with Crippen LogP contribution in [-0.4, -0.2) is 30.1 Å². The first-order valence-corrected chi connectivity index (χ1v) is 8.41. The highest BCUT2D eigenvalue weighted by Crippen LogP contribution is 2.63. The summed E-state index contributed by atoms with van der Waals surface area (Å²) in [6, 6.07) is 6.38. The molecule has 0 saturated heterocycles. The predicted molar refractivity (Wildman–Crippen MR) is 88.7 cm³/mol. The molecule has 4 aliphatic rings. The van der Waals surface area contributed by atoms with E-state index in [1.54, 1.807) is 24.3 Å². The zero-order valence-electron chi connectivity index (χ0n) is 13.7. The smallest absolute Gasteiger partial charge is 0.337 e. The Balaban J connectivity index is 1.53. The number of ether oxygens (including phenoxy) is 1. The lowest BCUT2D eigenvalue weighted by Crippen LogP contribution is -2.48. The maximum absolute atomic E-state index is 12.8. The molecule has 0 radical (unpaired) electrons. The van der Waals surface area contributed by atoms with E-state index in [0.717, 1.165) is 6.42 Å². The number of carbonyl (C=O) groups excluding carboxylic acids is 2. The van der Waals surface area contributed by atoms with Gasteiger partial charge in [0, 0.05) is 5.69 Å². The van der Waals surface area contributed by atoms with Gasteiger partial charge >= 0.3 is 11.9 Å². The van der Waals surface area contributed by atoms with Crippen molar-refractivity contribution in [1.29, 1.82) is 0 Å². The van der Waals surface area contributed by atoms with E-state index >= 15 is 0 Å². The Morgan fingerprint density at radius 3 is 2.20 bits per heavy atom. The summed E-state index contributed by atoms with van der Waals surface area (Å²) in [6.07, 6.45) is 5.04. The summed E-state index contributed by atoms with van der Waals surface area (Å²) < 4.78 is 4.64. The highest BCUT2D eigenvalue weighted by atomic mass is 16.5. The third kappa shape index (κ3) is 2.52. The summed E-state index contributed by atoms with van der Waals surface area (Å²) in [5.41, 5.74) is 0.934. The molecule has 2 bridgehead atoms. The van der Waals surface area contributed by atoms with Gasteiger partial charge in [-0.25, -0.2) is 4.79 Å². The highest BCUT2D eigenvalue weighted by molar-refractivity contribution is 5.97. The van der Waals surface area contributed by atoms with Crippen LogP contribution in [-0.2, 0) is 14.3 Å². The molecule has 2 fully saturated rings. The number of carboxylic acids is 1. The number of benzene rings is 1. The maximum Gasteiger partial charge on any atom is 0.337 e. The average Bonchev–Trinajstić information content (AvgIpc) is 3.43. The van der Waals surface area contributed by atoms with Gasteiger partial charge in [-0.05, 0) is 54.4 Å². The normalized spacial score (nSPS) is 34.1. The summed E-state index contributed by atoms with van der Waals surface area (Å²) in [6.45, 7) is 0. The van der Waals surface area contributed by atoms with Crippen LogP contribution in [0.5, 0.6) is 0 Å². The number of aliphatic carboxylic acids is 1. The molecule has 0 aliphatic heterocycles. The van der Waals surface area contributed by atoms with Crippen LogP contribution in [0.25, 0.3) is 0 Å². The van der Waals surface area contributed by atoms with Crippen molar-refractivity contribution in [1.82, 2.24) is 0 Å². The molecule has 2 saturated carbocycles. The summed E-state index contributed by atoms with van der Waals surface area (Å²) >= 11 is 0. The van der Waals surface area contributed by atoms with E-state index in [0.29, 0.717) is 23.1 Å². The molecular weight excluding hydrogens is 322 g/mol. The molecule has 5 rings (SSSR count). The SMILES string of the molecule is COC(=O)c1ccc(NC(=O)[C@@H]2[C@H]3C=C[C@@H]([C@@H]4C[C@@H]34)[C@@H]2C(=O)O)cc1. The minimum absolute atomic E-state index is 0.00504. The van der Waals surface area contributed by atoms with Crippen LogP contribution in [0, 0.1) is 35.5 Å². The summed E-state index contributed by atoms with van der Waals surface area (Å²) in [4.78, 5) is 36.0. The van der Waals surface area contributed by atoms with Gasteiger partial charge in [0.2, 0.25) is 5.91 Å². The Hall–Kier alpha value is -2.63. The number of hydrogen-bond donors (Lipinski definition) is 2. The number of rotatable bonds is 4. The number of fused-ring (bicyclic) bond motifs is 1. The molecular formula is C19H19NO5. The molecule has 0 spiro atoms. The zero-order valence-corrected chi connectivity index (χ0v) is 13.7. The van der Waals surface area contributed by atoms with Crippen molar-refractivity contribution >= 4 is 23.5 Å². The molecule has 6 nitrogen and oxygen atoms in total. The first-order chi connectivity index (χ1) is 12.0. The third-order valence-electron chi connectivity index (χ3n) is 5.81. The van der Waals surface area contributed by atoms with Crippen molar-refractivity contribution in [3.63, 3.8) is 0 Å². The first kappa shape index (κ1) is 15.9. The Kier molecular flexibility index (Phi) is 3.63. The van der Waals surface area contributed by atoms with Crippen molar-refractivity contribution < 1.29 is 24.2 Å². The van der Waals surface area contributed by atoms with E-state index in [1.807, 2.05) is 12.2 Å². The second kappa shape index (κ2) is 5.72. The van der Waals surface area contributed by atoms with E-state index in [-0.39, 0.29) is 17.7 Å². The monoisotopic (exact) mass is 341 g/mol. The Labute approximate surface area is 144 Å². The van der Waals surface area contributed by atoms with Crippen LogP contribution in [0.15, 0.2) is 36.4 Å². The molecule has 6 heteroatoms. The highest BCUT2D eigenvalue weighted by Gasteiger charge is 2.62. The fraction of sp³-hybridized carbons (Fsp3) is 0.421. The van der Waals surface area contributed by atoms with Gasteiger partial charge in [-0.3, -0.25) is 9.59 Å². The van der Waals surface area contributed by atoms with Crippen LogP contribution >= 0.6 is 0 Å². The summed E-state index contributed by atoms with van der Waals surface area (Å²) in [5, 5.41) is 12.5. The molecule has 25 heavy (non-hydrogen) atoms. The van der Waals surface area contributed by atoms with Gasteiger partial charge in [-0.2, -0.15) is 0 Å². The number of esters is 1. The Bertz CT molecular complexity index is 769. The number of allylic oxidation sites excluding steroid dienone is 2. The second-order valence-corrected chi connectivity index (χ2v) is 7.05. The van der Waals surface area contributed by atoms with Crippen molar-refractivity contribution in [2.45, 2.75) is 6.42 Å². The number of nitrogens with one attached hydrogen (secondary N) is 1. The van der Waals surface area contributed by atoms with E-state index < -0.39 is 23.8 Å².